The highest BCUT2D eigenvalue weighted by Gasteiger charge is 2.48. The normalized spacial score (nSPS) is 19.8. The predicted octanol–water partition coefficient (Wildman–Crippen LogP) is 5.79. The molecular weight excluding hydrogens is 556 g/mol. The molecule has 1 unspecified atom stereocenters. The Morgan fingerprint density at radius 1 is 0.932 bits per heavy atom. The largest absolute Gasteiger partial charge is 0.497 e. The first kappa shape index (κ1) is 29.3. The fourth-order valence-corrected chi connectivity index (χ4v) is 6.52. The molecule has 8 nitrogen and oxygen atoms in total. The molecule has 8 heteroatoms. The van der Waals surface area contributed by atoms with Crippen LogP contribution in [0.25, 0.3) is 0 Å². The highest BCUT2D eigenvalue weighted by atomic mass is 16.7. The number of nitrogens with one attached hydrogen (secondary N) is 1. The van der Waals surface area contributed by atoms with E-state index in [0.717, 1.165) is 33.4 Å². The van der Waals surface area contributed by atoms with Crippen LogP contribution in [-0.4, -0.2) is 48.9 Å². The minimum Gasteiger partial charge on any atom is -0.497 e. The fourth-order valence-electron chi connectivity index (χ4n) is 6.52. The van der Waals surface area contributed by atoms with Crippen LogP contribution in [0.2, 0.25) is 0 Å². The summed E-state index contributed by atoms with van der Waals surface area (Å²) in [6.07, 6.45) is 0. The van der Waals surface area contributed by atoms with Gasteiger partial charge in [-0.15, -0.1) is 0 Å². The summed E-state index contributed by atoms with van der Waals surface area (Å²) < 4.78 is 16.5. The van der Waals surface area contributed by atoms with Crippen LogP contribution in [0.1, 0.15) is 51.4 Å². The Hall–Kier alpha value is -4.82. The average Bonchev–Trinajstić information content (AvgIpc) is 3.66. The topological polar surface area (TPSA) is 97.3 Å². The second-order valence-electron chi connectivity index (χ2n) is 11.5. The second kappa shape index (κ2) is 12.4. The number of aryl methyl sites for hydroxylation is 2. The summed E-state index contributed by atoms with van der Waals surface area (Å²) in [6, 6.07) is 28.3. The number of methoxy groups -OCH3 is 1. The third kappa shape index (κ3) is 5.85. The number of rotatable bonds is 9. The maximum Gasteiger partial charge on any atom is 0.309 e. The molecule has 226 valence electrons. The predicted molar refractivity (Wildman–Crippen MR) is 166 cm³/mol. The Morgan fingerprint density at radius 3 is 2.39 bits per heavy atom. The number of nitrogens with zero attached hydrogens (tertiary/aromatic N) is 1. The lowest BCUT2D eigenvalue weighted by molar-refractivity contribution is -0.143. The molecule has 2 N–H and O–H groups in total. The number of benzene rings is 4. The number of amides is 1. The van der Waals surface area contributed by atoms with Crippen molar-refractivity contribution in [3.8, 4) is 17.2 Å². The van der Waals surface area contributed by atoms with Crippen LogP contribution in [0.3, 0.4) is 0 Å². The molecule has 2 aliphatic heterocycles. The van der Waals surface area contributed by atoms with Crippen molar-refractivity contribution >= 4 is 11.9 Å². The van der Waals surface area contributed by atoms with Crippen molar-refractivity contribution in [3.05, 3.63) is 124 Å². The van der Waals surface area contributed by atoms with E-state index in [1.165, 1.54) is 0 Å². The Morgan fingerprint density at radius 2 is 1.66 bits per heavy atom. The summed E-state index contributed by atoms with van der Waals surface area (Å²) in [5.74, 6) is -0.383. The average molecular weight is 593 g/mol. The summed E-state index contributed by atoms with van der Waals surface area (Å²) in [4.78, 5) is 28.9. The molecule has 0 bridgehead atoms. The molecule has 0 aromatic heterocycles. The number of hydrogen-bond donors (Lipinski definition) is 2. The van der Waals surface area contributed by atoms with Crippen LogP contribution in [-0.2, 0) is 9.59 Å². The maximum absolute atomic E-state index is 13.9. The van der Waals surface area contributed by atoms with Gasteiger partial charge in [-0.05, 0) is 65.9 Å². The van der Waals surface area contributed by atoms with E-state index < -0.39 is 17.9 Å². The van der Waals surface area contributed by atoms with Gasteiger partial charge in [0.05, 0.1) is 25.6 Å². The zero-order chi connectivity index (χ0) is 30.8. The molecule has 0 spiro atoms. The van der Waals surface area contributed by atoms with Gasteiger partial charge in [0.25, 0.3) is 0 Å². The number of fused-ring (bicyclic) bond motifs is 1. The van der Waals surface area contributed by atoms with Gasteiger partial charge >= 0.3 is 5.97 Å². The first-order valence-electron chi connectivity index (χ1n) is 14.7. The van der Waals surface area contributed by atoms with Gasteiger partial charge in [-0.3, -0.25) is 14.5 Å². The monoisotopic (exact) mass is 592 g/mol. The van der Waals surface area contributed by atoms with E-state index in [1.54, 1.807) is 7.11 Å². The number of carbonyl (C=O) groups is 2. The van der Waals surface area contributed by atoms with Gasteiger partial charge in [-0.2, -0.15) is 0 Å². The molecule has 1 saturated heterocycles. The van der Waals surface area contributed by atoms with Crippen LogP contribution in [0, 0.1) is 19.8 Å². The first-order chi connectivity index (χ1) is 21.3. The van der Waals surface area contributed by atoms with Crippen molar-refractivity contribution in [1.29, 1.82) is 0 Å². The van der Waals surface area contributed by atoms with Crippen molar-refractivity contribution in [3.63, 3.8) is 0 Å². The number of ether oxygens (including phenoxy) is 3. The molecule has 0 aliphatic carbocycles. The van der Waals surface area contributed by atoms with Crippen LogP contribution in [0.5, 0.6) is 17.2 Å². The highest BCUT2D eigenvalue weighted by molar-refractivity contribution is 5.80. The number of hydrogen-bond acceptors (Lipinski definition) is 6. The number of carboxylic acids is 1. The SMILES string of the molecule is COc1ccc([C@H]2[C@H](C(=O)O)[C@@H](c3ccc4c(c3)OCO4)CN2CC(=O)NC(c2ccccc2)c2cc(C)ccc2C)cc1. The standard InChI is InChI=1S/C36H36N2O6/c1-22-9-10-23(2)28(17-22)34(24-7-5-4-6-8-24)37-32(39)20-38-19-29(26-13-16-30-31(18-26)44-21-43-30)33(36(40)41)35(38)25-11-14-27(42-3)15-12-25/h4-18,29,33-35H,19-21H2,1-3H3,(H,37,39)(H,40,41)/t29-,33-,34?,35+/m1/s1. The number of carbonyl (C=O) groups excluding carboxylic acids is 1. The van der Waals surface area contributed by atoms with Crippen molar-refractivity contribution in [1.82, 2.24) is 10.2 Å². The summed E-state index contributed by atoms with van der Waals surface area (Å²) in [7, 11) is 1.59. The molecule has 0 saturated carbocycles. The molecule has 4 atom stereocenters. The molecule has 2 heterocycles. The molecule has 0 radical (unpaired) electrons. The van der Waals surface area contributed by atoms with Gasteiger partial charge in [0.15, 0.2) is 11.5 Å². The molecule has 4 aromatic carbocycles. The third-order valence-corrected chi connectivity index (χ3v) is 8.70. The lowest BCUT2D eigenvalue weighted by Gasteiger charge is -2.28. The van der Waals surface area contributed by atoms with E-state index >= 15 is 0 Å². The Kier molecular flexibility index (Phi) is 8.26. The number of aliphatic carboxylic acids is 1. The molecule has 1 fully saturated rings. The number of carboxylic acid groups (broad SMARTS) is 1. The van der Waals surface area contributed by atoms with Gasteiger partial charge in [0.1, 0.15) is 5.75 Å². The minimum atomic E-state index is -0.922. The Labute approximate surface area is 257 Å². The van der Waals surface area contributed by atoms with E-state index in [2.05, 4.69) is 23.5 Å². The van der Waals surface area contributed by atoms with E-state index in [1.807, 2.05) is 91.5 Å². The van der Waals surface area contributed by atoms with Gasteiger partial charge in [-0.25, -0.2) is 0 Å². The molecule has 44 heavy (non-hydrogen) atoms. The zero-order valence-corrected chi connectivity index (χ0v) is 25.0. The van der Waals surface area contributed by atoms with Gasteiger partial charge in [0.2, 0.25) is 12.7 Å². The van der Waals surface area contributed by atoms with Crippen molar-refractivity contribution < 1.29 is 28.9 Å². The maximum atomic E-state index is 13.9. The summed E-state index contributed by atoms with van der Waals surface area (Å²) in [5.41, 5.74) is 5.83. The molecule has 1 amide bonds. The second-order valence-corrected chi connectivity index (χ2v) is 11.5. The van der Waals surface area contributed by atoms with Gasteiger partial charge in [-0.1, -0.05) is 72.3 Å². The van der Waals surface area contributed by atoms with Gasteiger partial charge < -0.3 is 24.6 Å². The highest BCUT2D eigenvalue weighted by Crippen LogP contribution is 2.47. The Bertz CT molecular complexity index is 1660. The van der Waals surface area contributed by atoms with Gasteiger partial charge in [0, 0.05) is 18.5 Å². The summed E-state index contributed by atoms with van der Waals surface area (Å²) >= 11 is 0. The van der Waals surface area contributed by atoms with E-state index in [0.29, 0.717) is 23.8 Å². The van der Waals surface area contributed by atoms with Crippen molar-refractivity contribution in [2.75, 3.05) is 27.0 Å². The van der Waals surface area contributed by atoms with E-state index in [4.69, 9.17) is 14.2 Å². The lowest BCUT2D eigenvalue weighted by Crippen LogP contribution is -2.40. The minimum absolute atomic E-state index is 0.0235. The molecular formula is C36H36N2O6. The quantitative estimate of drug-likeness (QED) is 0.254. The van der Waals surface area contributed by atoms with Crippen LogP contribution in [0.15, 0.2) is 91.0 Å². The third-order valence-electron chi connectivity index (χ3n) is 8.70. The smallest absolute Gasteiger partial charge is 0.309 e. The van der Waals surface area contributed by atoms with Crippen LogP contribution >= 0.6 is 0 Å². The summed E-state index contributed by atoms with van der Waals surface area (Å²) in [5, 5.41) is 13.9. The van der Waals surface area contributed by atoms with Crippen LogP contribution < -0.4 is 19.5 Å². The van der Waals surface area contributed by atoms with Crippen molar-refractivity contribution in [2.45, 2.75) is 31.8 Å². The summed E-state index contributed by atoms with van der Waals surface area (Å²) in [6.45, 7) is 4.62. The van der Waals surface area contributed by atoms with E-state index in [-0.39, 0.29) is 31.2 Å². The molecule has 6 rings (SSSR count). The number of likely N-dealkylation sites (tertiary alicyclic amines) is 1. The van der Waals surface area contributed by atoms with E-state index in [9.17, 15) is 14.7 Å². The van der Waals surface area contributed by atoms with Crippen LogP contribution in [0.4, 0.5) is 0 Å². The zero-order valence-electron chi connectivity index (χ0n) is 25.0. The molecule has 4 aromatic rings. The lowest BCUT2D eigenvalue weighted by atomic mass is 9.82. The Balaban J connectivity index is 1.34. The molecule has 2 aliphatic rings. The van der Waals surface area contributed by atoms with Crippen molar-refractivity contribution in [2.24, 2.45) is 5.92 Å². The fraction of sp³-hybridized carbons (Fsp3) is 0.278. The first-order valence-corrected chi connectivity index (χ1v) is 14.7.